The van der Waals surface area contributed by atoms with Gasteiger partial charge in [-0.3, -0.25) is 10.1 Å². The number of benzene rings is 3. The topological polar surface area (TPSA) is 103 Å². The molecule has 3 aromatic carbocycles. The molecule has 0 saturated carbocycles. The van der Waals surface area contributed by atoms with Gasteiger partial charge in [0.05, 0.1) is 16.6 Å². The average Bonchev–Trinajstić information content (AvgIpc) is 3.31. The van der Waals surface area contributed by atoms with Crippen LogP contribution in [0.5, 0.6) is 0 Å². The Kier molecular flexibility index (Phi) is 8.04. The number of hydrogen-bond acceptors (Lipinski definition) is 4. The summed E-state index contributed by atoms with van der Waals surface area (Å²) in [6.07, 6.45) is 2.35. The van der Waals surface area contributed by atoms with Crippen LogP contribution in [0.25, 0.3) is 10.9 Å². The Bertz CT molecular complexity index is 1500. The fraction of sp³-hybridized carbons (Fsp3) is 0.250. The minimum Gasteiger partial charge on any atom is -0.361 e. The van der Waals surface area contributed by atoms with Crippen molar-refractivity contribution in [1.29, 1.82) is 0 Å². The van der Waals surface area contributed by atoms with Gasteiger partial charge in [0.2, 0.25) is 15.9 Å². The summed E-state index contributed by atoms with van der Waals surface area (Å²) in [6.45, 7) is 4.08. The van der Waals surface area contributed by atoms with Gasteiger partial charge in [0.15, 0.2) is 0 Å². The van der Waals surface area contributed by atoms with Crippen molar-refractivity contribution in [3.05, 3.63) is 101 Å². The number of aromatic amines is 1. The zero-order valence-electron chi connectivity index (χ0n) is 21.0. The summed E-state index contributed by atoms with van der Waals surface area (Å²) < 4.78 is 27.1. The standard InChI is InChI=1S/C28H31ClN4O3S/c1-19(21-9-5-4-6-10-21)33-27(34)28(2,16-22-18-31-25-12-8-7-11-23(22)25)32-17-20-13-14-24(29)26(15-20)37(35,36)30-3/h4-15,18-19,30-32H,16-17H2,1-3H3,(H,33,34). The third-order valence-corrected chi connectivity index (χ3v) is 8.50. The molecule has 4 N–H and O–H groups in total. The number of nitrogens with one attached hydrogen (secondary N) is 4. The Morgan fingerprint density at radius 3 is 2.49 bits per heavy atom. The molecule has 2 atom stereocenters. The number of H-pyrrole nitrogens is 1. The lowest BCUT2D eigenvalue weighted by molar-refractivity contribution is -0.127. The van der Waals surface area contributed by atoms with Gasteiger partial charge in [-0.2, -0.15) is 0 Å². The van der Waals surface area contributed by atoms with Gasteiger partial charge in [0.25, 0.3) is 0 Å². The Balaban J connectivity index is 1.63. The van der Waals surface area contributed by atoms with E-state index in [1.54, 1.807) is 12.1 Å². The van der Waals surface area contributed by atoms with Crippen LogP contribution in [0.1, 0.15) is 36.6 Å². The molecule has 0 radical (unpaired) electrons. The minimum absolute atomic E-state index is 0.00329. The molecule has 0 bridgehead atoms. The lowest BCUT2D eigenvalue weighted by Crippen LogP contribution is -2.56. The molecular weight excluding hydrogens is 508 g/mol. The number of rotatable bonds is 10. The highest BCUT2D eigenvalue weighted by Crippen LogP contribution is 2.26. The zero-order valence-corrected chi connectivity index (χ0v) is 22.6. The predicted molar refractivity (Wildman–Crippen MR) is 148 cm³/mol. The van der Waals surface area contributed by atoms with Crippen molar-refractivity contribution in [2.75, 3.05) is 7.05 Å². The summed E-state index contributed by atoms with van der Waals surface area (Å²) in [5.41, 5.74) is 2.69. The highest BCUT2D eigenvalue weighted by Gasteiger charge is 2.35. The molecule has 37 heavy (non-hydrogen) atoms. The van der Waals surface area contributed by atoms with E-state index in [0.29, 0.717) is 12.0 Å². The predicted octanol–water partition coefficient (Wildman–Crippen LogP) is 4.70. The zero-order chi connectivity index (χ0) is 26.6. The number of amides is 1. The van der Waals surface area contributed by atoms with Crippen molar-refractivity contribution < 1.29 is 13.2 Å². The fourth-order valence-corrected chi connectivity index (χ4v) is 5.61. The molecule has 9 heteroatoms. The van der Waals surface area contributed by atoms with E-state index in [1.165, 1.54) is 13.1 Å². The maximum Gasteiger partial charge on any atom is 0.241 e. The van der Waals surface area contributed by atoms with E-state index in [2.05, 4.69) is 20.3 Å². The van der Waals surface area contributed by atoms with Crippen LogP contribution in [0.4, 0.5) is 0 Å². The number of carbonyl (C=O) groups excluding carboxylic acids is 1. The molecule has 4 rings (SSSR count). The quantitative estimate of drug-likeness (QED) is 0.235. The third kappa shape index (κ3) is 6.05. The van der Waals surface area contributed by atoms with E-state index in [1.807, 2.05) is 74.6 Å². The summed E-state index contributed by atoms with van der Waals surface area (Å²) in [4.78, 5) is 17.0. The number of fused-ring (bicyclic) bond motifs is 1. The second-order valence-electron chi connectivity index (χ2n) is 9.30. The van der Waals surface area contributed by atoms with Gasteiger partial charge < -0.3 is 10.3 Å². The van der Waals surface area contributed by atoms with Crippen LogP contribution >= 0.6 is 11.6 Å². The summed E-state index contributed by atoms with van der Waals surface area (Å²) >= 11 is 6.16. The first-order valence-electron chi connectivity index (χ1n) is 12.0. The van der Waals surface area contributed by atoms with E-state index in [9.17, 15) is 13.2 Å². The SMILES string of the molecule is CNS(=O)(=O)c1cc(CNC(C)(Cc2c[nH]c3ccccc23)C(=O)NC(C)c2ccccc2)ccc1Cl. The van der Waals surface area contributed by atoms with Gasteiger partial charge in [0, 0.05) is 30.1 Å². The maximum atomic E-state index is 13.7. The van der Waals surface area contributed by atoms with Crippen molar-refractivity contribution in [3.63, 3.8) is 0 Å². The first-order chi connectivity index (χ1) is 17.6. The highest BCUT2D eigenvalue weighted by molar-refractivity contribution is 7.89. The van der Waals surface area contributed by atoms with Crippen molar-refractivity contribution in [2.45, 2.75) is 43.3 Å². The fourth-order valence-electron chi connectivity index (χ4n) is 4.33. The lowest BCUT2D eigenvalue weighted by Gasteiger charge is -2.31. The molecule has 0 aliphatic rings. The van der Waals surface area contributed by atoms with Crippen molar-refractivity contribution in [1.82, 2.24) is 20.3 Å². The van der Waals surface area contributed by atoms with Crippen LogP contribution in [0.2, 0.25) is 5.02 Å². The highest BCUT2D eigenvalue weighted by atomic mass is 35.5. The molecule has 4 aromatic rings. The average molecular weight is 539 g/mol. The number of hydrogen-bond donors (Lipinski definition) is 4. The molecule has 0 saturated heterocycles. The normalized spacial score (nSPS) is 14.3. The Hall–Kier alpha value is -3.17. The number of sulfonamides is 1. The Morgan fingerprint density at radius 1 is 1.05 bits per heavy atom. The molecule has 0 aliphatic heterocycles. The molecule has 7 nitrogen and oxygen atoms in total. The van der Waals surface area contributed by atoms with E-state index in [0.717, 1.165) is 22.0 Å². The first kappa shape index (κ1) is 26.9. The number of halogens is 1. The minimum atomic E-state index is -3.73. The molecule has 0 aliphatic carbocycles. The smallest absolute Gasteiger partial charge is 0.241 e. The van der Waals surface area contributed by atoms with Gasteiger partial charge in [-0.15, -0.1) is 0 Å². The molecule has 2 unspecified atom stereocenters. The second kappa shape index (κ2) is 11.1. The van der Waals surface area contributed by atoms with E-state index >= 15 is 0 Å². The second-order valence-corrected chi connectivity index (χ2v) is 11.6. The molecule has 0 spiro atoms. The van der Waals surface area contributed by atoms with Crippen molar-refractivity contribution >= 4 is 38.4 Å². The van der Waals surface area contributed by atoms with Crippen LogP contribution in [0, 0.1) is 0 Å². The first-order valence-corrected chi connectivity index (χ1v) is 13.9. The third-order valence-electron chi connectivity index (χ3n) is 6.60. The summed E-state index contributed by atoms with van der Waals surface area (Å²) in [5.74, 6) is -0.161. The van der Waals surface area contributed by atoms with Gasteiger partial charge in [-0.25, -0.2) is 13.1 Å². The maximum absolute atomic E-state index is 13.7. The molecule has 194 valence electrons. The van der Waals surface area contributed by atoms with Gasteiger partial charge >= 0.3 is 0 Å². The van der Waals surface area contributed by atoms with Crippen molar-refractivity contribution in [2.24, 2.45) is 0 Å². The monoisotopic (exact) mass is 538 g/mol. The van der Waals surface area contributed by atoms with Gasteiger partial charge in [-0.05, 0) is 55.8 Å². The summed E-state index contributed by atoms with van der Waals surface area (Å²) in [5, 5.41) is 7.74. The van der Waals surface area contributed by atoms with Crippen LogP contribution < -0.4 is 15.4 Å². The van der Waals surface area contributed by atoms with E-state index in [4.69, 9.17) is 11.6 Å². The van der Waals surface area contributed by atoms with E-state index < -0.39 is 15.6 Å². The Labute approximate surface area is 222 Å². The van der Waals surface area contributed by atoms with Gasteiger partial charge in [-0.1, -0.05) is 66.2 Å². The summed E-state index contributed by atoms with van der Waals surface area (Å²) in [6, 6.07) is 22.4. The van der Waals surface area contributed by atoms with Gasteiger partial charge in [0.1, 0.15) is 4.90 Å². The van der Waals surface area contributed by atoms with Crippen LogP contribution in [-0.4, -0.2) is 31.9 Å². The lowest BCUT2D eigenvalue weighted by atomic mass is 9.90. The molecule has 1 heterocycles. The number of para-hydroxylation sites is 1. The molecule has 1 aromatic heterocycles. The molecule has 0 fully saturated rings. The van der Waals surface area contributed by atoms with E-state index in [-0.39, 0.29) is 28.4 Å². The Morgan fingerprint density at radius 2 is 1.76 bits per heavy atom. The van der Waals surface area contributed by atoms with Crippen LogP contribution in [-0.2, 0) is 27.8 Å². The molecule has 1 amide bonds. The van der Waals surface area contributed by atoms with Crippen LogP contribution in [0.15, 0.2) is 83.9 Å². The summed E-state index contributed by atoms with van der Waals surface area (Å²) in [7, 11) is -2.39. The number of aromatic nitrogens is 1. The van der Waals surface area contributed by atoms with Crippen LogP contribution in [0.3, 0.4) is 0 Å². The number of carbonyl (C=O) groups is 1. The van der Waals surface area contributed by atoms with Crippen molar-refractivity contribution in [3.8, 4) is 0 Å². The largest absolute Gasteiger partial charge is 0.361 e. The molecular formula is C28H31ClN4O3S.